The van der Waals surface area contributed by atoms with Crippen LogP contribution in [0.25, 0.3) is 0 Å². The van der Waals surface area contributed by atoms with Crippen LogP contribution < -0.4 is 0 Å². The van der Waals surface area contributed by atoms with Gasteiger partial charge >= 0.3 is 11.9 Å². The Balaban J connectivity index is 1.74. The van der Waals surface area contributed by atoms with Gasteiger partial charge in [-0.2, -0.15) is 0 Å². The highest BCUT2D eigenvalue weighted by Crippen LogP contribution is 2.26. The molecule has 0 aliphatic carbocycles. The smallest absolute Gasteiger partial charge is 0.338 e. The van der Waals surface area contributed by atoms with Crippen LogP contribution in [0.1, 0.15) is 34.1 Å². The fraction of sp³-hybridized carbons (Fsp3) is 0.300. The minimum atomic E-state index is -1.09. The second-order valence-electron chi connectivity index (χ2n) is 6.08. The van der Waals surface area contributed by atoms with E-state index in [1.54, 1.807) is 67.6 Å². The van der Waals surface area contributed by atoms with E-state index in [0.717, 1.165) is 0 Å². The maximum atomic E-state index is 12.4. The maximum absolute atomic E-state index is 12.4. The van der Waals surface area contributed by atoms with Crippen LogP contribution in [0, 0.1) is 0 Å². The van der Waals surface area contributed by atoms with E-state index in [9.17, 15) is 14.7 Å². The van der Waals surface area contributed by atoms with Crippen LogP contribution in [0.15, 0.2) is 60.7 Å². The van der Waals surface area contributed by atoms with E-state index < -0.39 is 36.5 Å². The van der Waals surface area contributed by atoms with E-state index in [1.165, 1.54) is 0 Å². The van der Waals surface area contributed by atoms with Gasteiger partial charge in [-0.15, -0.1) is 0 Å². The minimum absolute atomic E-state index is 0.0235. The van der Waals surface area contributed by atoms with Gasteiger partial charge in [0.1, 0.15) is 6.10 Å². The number of benzene rings is 2. The average molecular weight is 356 g/mol. The van der Waals surface area contributed by atoms with Gasteiger partial charge in [0.2, 0.25) is 0 Å². The first-order valence-electron chi connectivity index (χ1n) is 8.40. The van der Waals surface area contributed by atoms with Gasteiger partial charge in [-0.25, -0.2) is 9.59 Å². The molecule has 4 atom stereocenters. The molecule has 1 heterocycles. The monoisotopic (exact) mass is 356 g/mol. The van der Waals surface area contributed by atoms with Crippen LogP contribution in [0.4, 0.5) is 0 Å². The van der Waals surface area contributed by atoms with Crippen molar-refractivity contribution in [1.82, 2.24) is 0 Å². The van der Waals surface area contributed by atoms with Crippen molar-refractivity contribution in [2.45, 2.75) is 37.9 Å². The maximum Gasteiger partial charge on any atom is 0.338 e. The van der Waals surface area contributed by atoms with Crippen LogP contribution >= 0.6 is 0 Å². The zero-order valence-corrected chi connectivity index (χ0v) is 14.3. The zero-order chi connectivity index (χ0) is 18.5. The van der Waals surface area contributed by atoms with Crippen molar-refractivity contribution < 1.29 is 28.9 Å². The lowest BCUT2D eigenvalue weighted by atomic mass is 10.0. The summed E-state index contributed by atoms with van der Waals surface area (Å²) < 4.78 is 16.4. The molecule has 6 heteroatoms. The third-order valence-electron chi connectivity index (χ3n) is 4.16. The molecule has 0 unspecified atom stereocenters. The molecule has 0 spiro atoms. The highest BCUT2D eigenvalue weighted by molar-refractivity contribution is 5.90. The van der Waals surface area contributed by atoms with Crippen LogP contribution in [-0.4, -0.2) is 41.6 Å². The van der Waals surface area contributed by atoms with Crippen molar-refractivity contribution in [2.24, 2.45) is 0 Å². The highest BCUT2D eigenvalue weighted by atomic mass is 16.7. The molecule has 26 heavy (non-hydrogen) atoms. The average Bonchev–Trinajstić information content (AvgIpc) is 2.65. The molecule has 1 aliphatic heterocycles. The van der Waals surface area contributed by atoms with Crippen molar-refractivity contribution in [3.63, 3.8) is 0 Å². The van der Waals surface area contributed by atoms with Crippen LogP contribution in [-0.2, 0) is 14.2 Å². The van der Waals surface area contributed by atoms with Crippen molar-refractivity contribution in [3.8, 4) is 0 Å². The van der Waals surface area contributed by atoms with Gasteiger partial charge in [-0.05, 0) is 31.2 Å². The Labute approximate surface area is 151 Å². The van der Waals surface area contributed by atoms with Crippen LogP contribution in [0.3, 0.4) is 0 Å². The van der Waals surface area contributed by atoms with Crippen LogP contribution in [0.2, 0.25) is 0 Å². The summed E-state index contributed by atoms with van der Waals surface area (Å²) in [5.41, 5.74) is 0.772. The van der Waals surface area contributed by atoms with Gasteiger partial charge in [-0.3, -0.25) is 0 Å². The van der Waals surface area contributed by atoms with Gasteiger partial charge in [-0.1, -0.05) is 36.4 Å². The Bertz CT molecular complexity index is 745. The molecule has 2 aromatic carbocycles. The predicted octanol–water partition coefficient (Wildman–Crippen LogP) is 2.56. The standard InChI is InChI=1S/C20H20O6/c1-13-18(26-20(23)15-10-6-3-7-11-15)16(12-17(21)24-13)25-19(22)14-8-4-2-5-9-14/h2-11,13,16-18,21H,12H2,1H3/t13-,16-,17+,18-/m1/s1. The minimum Gasteiger partial charge on any atom is -0.455 e. The molecular weight excluding hydrogens is 336 g/mol. The first-order chi connectivity index (χ1) is 12.5. The fourth-order valence-corrected chi connectivity index (χ4v) is 2.85. The number of hydrogen-bond acceptors (Lipinski definition) is 6. The van der Waals surface area contributed by atoms with Gasteiger partial charge in [0.15, 0.2) is 12.4 Å². The molecular formula is C20H20O6. The summed E-state index contributed by atoms with van der Waals surface area (Å²) in [6, 6.07) is 17.0. The molecule has 0 radical (unpaired) electrons. The highest BCUT2D eigenvalue weighted by Gasteiger charge is 2.41. The summed E-state index contributed by atoms with van der Waals surface area (Å²) in [6.07, 6.45) is -3.33. The molecule has 1 fully saturated rings. The van der Waals surface area contributed by atoms with E-state index in [4.69, 9.17) is 14.2 Å². The second-order valence-corrected chi connectivity index (χ2v) is 6.08. The van der Waals surface area contributed by atoms with Crippen LogP contribution in [0.5, 0.6) is 0 Å². The van der Waals surface area contributed by atoms with Crippen molar-refractivity contribution >= 4 is 11.9 Å². The molecule has 1 aliphatic rings. The molecule has 1 saturated heterocycles. The molecule has 0 saturated carbocycles. The lowest BCUT2D eigenvalue weighted by Gasteiger charge is -2.37. The summed E-state index contributed by atoms with van der Waals surface area (Å²) in [5.74, 6) is -1.08. The van der Waals surface area contributed by atoms with Gasteiger partial charge in [0.25, 0.3) is 0 Å². The second kappa shape index (κ2) is 8.12. The van der Waals surface area contributed by atoms with E-state index in [-0.39, 0.29) is 6.42 Å². The number of aliphatic hydroxyl groups is 1. The van der Waals surface area contributed by atoms with Gasteiger partial charge in [0.05, 0.1) is 17.2 Å². The number of esters is 2. The molecule has 0 amide bonds. The van der Waals surface area contributed by atoms with E-state index in [1.807, 2.05) is 0 Å². The SMILES string of the molecule is C[C@H]1O[C@H](O)C[C@@H](OC(=O)c2ccccc2)[C@@H]1OC(=O)c1ccccc1. The van der Waals surface area contributed by atoms with Gasteiger partial charge in [0, 0.05) is 6.42 Å². The number of ether oxygens (including phenoxy) is 3. The number of carbonyl (C=O) groups is 2. The normalized spacial score (nSPS) is 25.3. The van der Waals surface area contributed by atoms with E-state index in [0.29, 0.717) is 11.1 Å². The van der Waals surface area contributed by atoms with Crippen molar-refractivity contribution in [3.05, 3.63) is 71.8 Å². The summed E-state index contributed by atoms with van der Waals surface area (Å²) in [5, 5.41) is 9.85. The van der Waals surface area contributed by atoms with E-state index >= 15 is 0 Å². The predicted molar refractivity (Wildman–Crippen MR) is 92.5 cm³/mol. The molecule has 3 rings (SSSR count). The first kappa shape index (κ1) is 18.1. The first-order valence-corrected chi connectivity index (χ1v) is 8.40. The zero-order valence-electron chi connectivity index (χ0n) is 14.3. The lowest BCUT2D eigenvalue weighted by Crippen LogP contribution is -2.51. The largest absolute Gasteiger partial charge is 0.455 e. The number of hydrogen-bond donors (Lipinski definition) is 1. The van der Waals surface area contributed by atoms with Crippen molar-refractivity contribution in [1.29, 1.82) is 0 Å². The Morgan fingerprint density at radius 1 is 0.923 bits per heavy atom. The fourth-order valence-electron chi connectivity index (χ4n) is 2.85. The number of aliphatic hydroxyl groups excluding tert-OH is 1. The van der Waals surface area contributed by atoms with Crippen molar-refractivity contribution in [2.75, 3.05) is 0 Å². The molecule has 136 valence electrons. The molecule has 1 N–H and O–H groups in total. The molecule has 2 aromatic rings. The topological polar surface area (TPSA) is 82.1 Å². The number of carbonyl (C=O) groups excluding carboxylic acids is 2. The van der Waals surface area contributed by atoms with E-state index in [2.05, 4.69) is 0 Å². The lowest BCUT2D eigenvalue weighted by molar-refractivity contribution is -0.226. The Hall–Kier alpha value is -2.70. The molecule has 6 nitrogen and oxygen atoms in total. The Morgan fingerprint density at radius 2 is 1.42 bits per heavy atom. The molecule has 0 aromatic heterocycles. The number of rotatable bonds is 4. The Morgan fingerprint density at radius 3 is 1.96 bits per heavy atom. The third kappa shape index (κ3) is 4.28. The Kier molecular flexibility index (Phi) is 5.65. The quantitative estimate of drug-likeness (QED) is 0.848. The summed E-state index contributed by atoms with van der Waals surface area (Å²) >= 11 is 0. The van der Waals surface area contributed by atoms with Gasteiger partial charge < -0.3 is 19.3 Å². The molecule has 0 bridgehead atoms. The third-order valence-corrected chi connectivity index (χ3v) is 4.16. The summed E-state index contributed by atoms with van der Waals surface area (Å²) in [4.78, 5) is 24.7. The summed E-state index contributed by atoms with van der Waals surface area (Å²) in [7, 11) is 0. The summed E-state index contributed by atoms with van der Waals surface area (Å²) in [6.45, 7) is 1.66.